The molecular formula is C14H14F3NO2. The molecule has 6 heteroatoms. The fourth-order valence-electron chi connectivity index (χ4n) is 2.14. The molecule has 20 heavy (non-hydrogen) atoms. The number of carbonyl (C=O) groups is 1. The molecule has 0 saturated heterocycles. The molecule has 3 nitrogen and oxygen atoms in total. The number of halogens is 3. The van der Waals surface area contributed by atoms with Crippen LogP contribution in [-0.4, -0.2) is 17.6 Å². The third kappa shape index (κ3) is 2.79. The van der Waals surface area contributed by atoms with Crippen LogP contribution >= 0.6 is 0 Å². The highest BCUT2D eigenvalue weighted by atomic mass is 19.4. The predicted octanol–water partition coefficient (Wildman–Crippen LogP) is 3.60. The molecule has 0 aliphatic carbocycles. The summed E-state index contributed by atoms with van der Waals surface area (Å²) >= 11 is 0. The summed E-state index contributed by atoms with van der Waals surface area (Å²) in [5.41, 5.74) is 1.07. The van der Waals surface area contributed by atoms with Crippen LogP contribution in [0.2, 0.25) is 0 Å². The topological polar surface area (TPSA) is 42.1 Å². The van der Waals surface area contributed by atoms with Crippen molar-refractivity contribution in [3.8, 4) is 0 Å². The zero-order chi connectivity index (χ0) is 14.9. The van der Waals surface area contributed by atoms with E-state index >= 15 is 0 Å². The van der Waals surface area contributed by atoms with Crippen molar-refractivity contribution < 1.29 is 22.7 Å². The molecule has 1 heterocycles. The number of aryl methyl sites for hydroxylation is 1. The van der Waals surface area contributed by atoms with E-state index in [0.29, 0.717) is 22.2 Å². The quantitative estimate of drug-likeness (QED) is 0.875. The number of rotatable bonds is 3. The third-order valence-corrected chi connectivity index (χ3v) is 3.07. The molecule has 1 aromatic heterocycles. The van der Waals surface area contributed by atoms with Crippen molar-refractivity contribution in [1.82, 2.24) is 4.98 Å². The van der Waals surface area contributed by atoms with E-state index in [0.717, 1.165) is 12.1 Å². The first-order valence-electron chi connectivity index (χ1n) is 6.17. The Morgan fingerprint density at radius 1 is 1.35 bits per heavy atom. The van der Waals surface area contributed by atoms with Crippen LogP contribution in [0.3, 0.4) is 0 Å². The fourth-order valence-corrected chi connectivity index (χ4v) is 2.14. The van der Waals surface area contributed by atoms with E-state index in [1.807, 2.05) is 0 Å². The van der Waals surface area contributed by atoms with E-state index in [1.54, 1.807) is 13.8 Å². The van der Waals surface area contributed by atoms with Crippen LogP contribution in [0.5, 0.6) is 0 Å². The molecule has 0 spiro atoms. The summed E-state index contributed by atoms with van der Waals surface area (Å²) in [6.45, 7) is 3.65. The van der Waals surface area contributed by atoms with Gasteiger partial charge in [-0.15, -0.1) is 0 Å². The first kappa shape index (κ1) is 14.4. The summed E-state index contributed by atoms with van der Waals surface area (Å²) < 4.78 is 43.0. The van der Waals surface area contributed by atoms with Gasteiger partial charge in [-0.1, -0.05) is 0 Å². The number of alkyl halides is 3. The Hall–Kier alpha value is -1.98. The highest BCUT2D eigenvalue weighted by molar-refractivity contribution is 5.89. The minimum atomic E-state index is -4.40. The number of carbonyl (C=O) groups excluding carboxylic acids is 1. The molecule has 0 atom stereocenters. The van der Waals surface area contributed by atoms with E-state index in [9.17, 15) is 18.0 Å². The highest BCUT2D eigenvalue weighted by Crippen LogP contribution is 2.33. The van der Waals surface area contributed by atoms with Gasteiger partial charge >= 0.3 is 12.1 Å². The van der Waals surface area contributed by atoms with Crippen LogP contribution in [0.1, 0.15) is 23.7 Å². The number of fused-ring (bicyclic) bond motifs is 1. The van der Waals surface area contributed by atoms with E-state index in [4.69, 9.17) is 4.74 Å². The monoisotopic (exact) mass is 285 g/mol. The van der Waals surface area contributed by atoms with Gasteiger partial charge in [-0.3, -0.25) is 4.79 Å². The van der Waals surface area contributed by atoms with Gasteiger partial charge < -0.3 is 9.72 Å². The van der Waals surface area contributed by atoms with Gasteiger partial charge in [0.1, 0.15) is 0 Å². The molecular weight excluding hydrogens is 271 g/mol. The molecule has 0 aliphatic rings. The van der Waals surface area contributed by atoms with Gasteiger partial charge in [-0.05, 0) is 37.6 Å². The fraction of sp³-hybridized carbons (Fsp3) is 0.357. The van der Waals surface area contributed by atoms with Crippen molar-refractivity contribution in [3.05, 3.63) is 35.0 Å². The van der Waals surface area contributed by atoms with E-state index in [2.05, 4.69) is 4.98 Å². The van der Waals surface area contributed by atoms with E-state index in [1.165, 1.54) is 6.07 Å². The van der Waals surface area contributed by atoms with Crippen molar-refractivity contribution in [3.63, 3.8) is 0 Å². The first-order chi connectivity index (χ1) is 9.32. The number of benzene rings is 1. The molecule has 0 radical (unpaired) electrons. The van der Waals surface area contributed by atoms with Gasteiger partial charge in [0, 0.05) is 16.6 Å². The van der Waals surface area contributed by atoms with Gasteiger partial charge in [-0.2, -0.15) is 13.2 Å². The predicted molar refractivity (Wildman–Crippen MR) is 68.4 cm³/mol. The zero-order valence-corrected chi connectivity index (χ0v) is 11.1. The Morgan fingerprint density at radius 3 is 2.65 bits per heavy atom. The Morgan fingerprint density at radius 2 is 2.05 bits per heavy atom. The third-order valence-electron chi connectivity index (χ3n) is 3.07. The second-order valence-electron chi connectivity index (χ2n) is 4.47. The number of esters is 1. The molecule has 1 N–H and O–H groups in total. The Kier molecular flexibility index (Phi) is 3.74. The molecule has 1 aromatic carbocycles. The summed E-state index contributed by atoms with van der Waals surface area (Å²) in [6.07, 6.45) is -4.44. The lowest BCUT2D eigenvalue weighted by atomic mass is 10.1. The number of hydrogen-bond donors (Lipinski definition) is 1. The largest absolute Gasteiger partial charge is 0.466 e. The van der Waals surface area contributed by atoms with E-state index in [-0.39, 0.29) is 13.0 Å². The van der Waals surface area contributed by atoms with Gasteiger partial charge in [0.15, 0.2) is 0 Å². The smallest absolute Gasteiger partial charge is 0.416 e. The van der Waals surface area contributed by atoms with Gasteiger partial charge in [0.2, 0.25) is 0 Å². The van der Waals surface area contributed by atoms with Gasteiger partial charge in [0.25, 0.3) is 0 Å². The summed E-state index contributed by atoms with van der Waals surface area (Å²) in [5.74, 6) is -0.450. The maximum absolute atomic E-state index is 12.7. The summed E-state index contributed by atoms with van der Waals surface area (Å²) in [5, 5.41) is 0.408. The SMILES string of the molecule is CCOC(=O)Cc1c(C)[nH]c2ccc(C(F)(F)F)cc12. The number of nitrogens with one attached hydrogen (secondary N) is 1. The molecule has 0 amide bonds. The lowest BCUT2D eigenvalue weighted by Gasteiger charge is -2.07. The van der Waals surface area contributed by atoms with Crippen LogP contribution in [0, 0.1) is 6.92 Å². The number of aromatic nitrogens is 1. The van der Waals surface area contributed by atoms with Crippen molar-refractivity contribution >= 4 is 16.9 Å². The number of H-pyrrole nitrogens is 1. The van der Waals surface area contributed by atoms with Crippen molar-refractivity contribution in [2.24, 2.45) is 0 Å². The molecule has 0 fully saturated rings. The van der Waals surface area contributed by atoms with Crippen LogP contribution in [0.15, 0.2) is 18.2 Å². The van der Waals surface area contributed by atoms with Gasteiger partial charge in [0.05, 0.1) is 18.6 Å². The Labute approximate surface area is 113 Å². The van der Waals surface area contributed by atoms with Crippen LogP contribution < -0.4 is 0 Å². The average molecular weight is 285 g/mol. The maximum atomic E-state index is 12.7. The summed E-state index contributed by atoms with van der Waals surface area (Å²) in [4.78, 5) is 14.5. The number of hydrogen-bond acceptors (Lipinski definition) is 2. The van der Waals surface area contributed by atoms with Crippen molar-refractivity contribution in [1.29, 1.82) is 0 Å². The minimum Gasteiger partial charge on any atom is -0.466 e. The molecule has 108 valence electrons. The molecule has 0 saturated carbocycles. The molecule has 2 aromatic rings. The summed E-state index contributed by atoms with van der Waals surface area (Å²) in [6, 6.07) is 3.46. The van der Waals surface area contributed by atoms with E-state index < -0.39 is 17.7 Å². The zero-order valence-electron chi connectivity index (χ0n) is 11.1. The summed E-state index contributed by atoms with van der Waals surface area (Å²) in [7, 11) is 0. The van der Waals surface area contributed by atoms with Crippen LogP contribution in [-0.2, 0) is 22.1 Å². The standard InChI is InChI=1S/C14H14F3NO2/c1-3-20-13(19)7-10-8(2)18-12-5-4-9(6-11(10)12)14(15,16)17/h4-6,18H,3,7H2,1-2H3. The number of aromatic amines is 1. The van der Waals surface area contributed by atoms with Crippen LogP contribution in [0.4, 0.5) is 13.2 Å². The maximum Gasteiger partial charge on any atom is 0.416 e. The second-order valence-corrected chi connectivity index (χ2v) is 4.47. The second kappa shape index (κ2) is 5.19. The lowest BCUT2D eigenvalue weighted by Crippen LogP contribution is -2.08. The lowest BCUT2D eigenvalue weighted by molar-refractivity contribution is -0.142. The van der Waals surface area contributed by atoms with Crippen LogP contribution in [0.25, 0.3) is 10.9 Å². The number of ether oxygens (including phenoxy) is 1. The van der Waals surface area contributed by atoms with Crippen molar-refractivity contribution in [2.75, 3.05) is 6.61 Å². The molecule has 0 unspecified atom stereocenters. The first-order valence-corrected chi connectivity index (χ1v) is 6.17. The normalized spacial score (nSPS) is 11.8. The molecule has 0 aliphatic heterocycles. The Bertz CT molecular complexity index is 644. The highest BCUT2D eigenvalue weighted by Gasteiger charge is 2.31. The van der Waals surface area contributed by atoms with Crippen molar-refractivity contribution in [2.45, 2.75) is 26.4 Å². The average Bonchev–Trinajstić information content (AvgIpc) is 2.64. The van der Waals surface area contributed by atoms with Gasteiger partial charge in [-0.25, -0.2) is 0 Å². The molecule has 2 rings (SSSR count). The Balaban J connectivity index is 2.47. The minimum absolute atomic E-state index is 0.0407. The molecule has 0 bridgehead atoms.